The van der Waals surface area contributed by atoms with Gasteiger partial charge in [0.1, 0.15) is 17.4 Å². The molecule has 0 bridgehead atoms. The van der Waals surface area contributed by atoms with E-state index < -0.39 is 0 Å². The van der Waals surface area contributed by atoms with Crippen LogP contribution in [0.15, 0.2) is 24.3 Å². The normalized spacial score (nSPS) is 14.2. The maximum absolute atomic E-state index is 6.31. The molecule has 0 amide bonds. The molecule has 0 fully saturated rings. The van der Waals surface area contributed by atoms with E-state index in [9.17, 15) is 0 Å². The molecule has 0 aliphatic heterocycles. The summed E-state index contributed by atoms with van der Waals surface area (Å²) in [5.41, 5.74) is 7.37. The molecule has 2 atom stereocenters. The fraction of sp³-hybridized carbons (Fsp3) is 0.429. The molecule has 2 unspecified atom stereocenters. The SMILES string of the molecule is COc1ccc(C(N)C(C)n2nc(C)nc2C)cc1. The molecule has 0 saturated carbocycles. The molecule has 0 spiro atoms. The van der Waals surface area contributed by atoms with Crippen LogP contribution in [0.4, 0.5) is 0 Å². The average Bonchev–Trinajstić information content (AvgIpc) is 2.76. The molecule has 5 nitrogen and oxygen atoms in total. The number of hydrogen-bond acceptors (Lipinski definition) is 4. The van der Waals surface area contributed by atoms with Gasteiger partial charge in [0.15, 0.2) is 0 Å². The van der Waals surface area contributed by atoms with Crippen molar-refractivity contribution in [3.05, 3.63) is 41.5 Å². The Morgan fingerprint density at radius 1 is 1.21 bits per heavy atom. The molecule has 0 aliphatic carbocycles. The summed E-state index contributed by atoms with van der Waals surface area (Å²) in [6.07, 6.45) is 0. The third-order valence-electron chi connectivity index (χ3n) is 3.31. The Labute approximate surface area is 113 Å². The van der Waals surface area contributed by atoms with Gasteiger partial charge in [-0.1, -0.05) is 12.1 Å². The summed E-state index contributed by atoms with van der Waals surface area (Å²) >= 11 is 0. The van der Waals surface area contributed by atoms with Crippen LogP contribution in [0.1, 0.15) is 36.2 Å². The Hall–Kier alpha value is -1.88. The predicted octanol–water partition coefficient (Wildman–Crippen LogP) is 2.16. The molecule has 0 aliphatic rings. The topological polar surface area (TPSA) is 66.0 Å². The molecule has 2 N–H and O–H groups in total. The molecule has 19 heavy (non-hydrogen) atoms. The zero-order valence-electron chi connectivity index (χ0n) is 11.8. The second-order valence-corrected chi connectivity index (χ2v) is 4.69. The van der Waals surface area contributed by atoms with Crippen LogP contribution in [0, 0.1) is 13.8 Å². The van der Waals surface area contributed by atoms with Crippen LogP contribution in [0.5, 0.6) is 5.75 Å². The van der Waals surface area contributed by atoms with Gasteiger partial charge in [-0.15, -0.1) is 0 Å². The maximum atomic E-state index is 6.31. The van der Waals surface area contributed by atoms with Crippen molar-refractivity contribution in [1.29, 1.82) is 0 Å². The highest BCUT2D eigenvalue weighted by molar-refractivity contribution is 5.29. The van der Waals surface area contributed by atoms with E-state index in [1.54, 1.807) is 7.11 Å². The molecule has 5 heteroatoms. The van der Waals surface area contributed by atoms with E-state index in [2.05, 4.69) is 17.0 Å². The van der Waals surface area contributed by atoms with Crippen LogP contribution in [-0.4, -0.2) is 21.9 Å². The number of nitrogens with zero attached hydrogens (tertiary/aromatic N) is 3. The molecule has 1 aromatic carbocycles. The van der Waals surface area contributed by atoms with Crippen LogP contribution < -0.4 is 10.5 Å². The highest BCUT2D eigenvalue weighted by Crippen LogP contribution is 2.25. The van der Waals surface area contributed by atoms with E-state index in [-0.39, 0.29) is 12.1 Å². The van der Waals surface area contributed by atoms with Gasteiger partial charge in [-0.05, 0) is 38.5 Å². The second-order valence-electron chi connectivity index (χ2n) is 4.69. The molecular weight excluding hydrogens is 240 g/mol. The average molecular weight is 260 g/mol. The molecule has 102 valence electrons. The minimum atomic E-state index is -0.134. The van der Waals surface area contributed by atoms with Crippen LogP contribution >= 0.6 is 0 Å². The van der Waals surface area contributed by atoms with Crippen LogP contribution in [-0.2, 0) is 0 Å². The molecule has 2 rings (SSSR count). The summed E-state index contributed by atoms with van der Waals surface area (Å²) in [6.45, 7) is 5.88. The van der Waals surface area contributed by atoms with Gasteiger partial charge in [-0.25, -0.2) is 9.67 Å². The lowest BCUT2D eigenvalue weighted by Gasteiger charge is -2.21. The highest BCUT2D eigenvalue weighted by Gasteiger charge is 2.19. The molecular formula is C14H20N4O. The van der Waals surface area contributed by atoms with E-state index in [1.807, 2.05) is 42.8 Å². The first-order valence-corrected chi connectivity index (χ1v) is 6.32. The van der Waals surface area contributed by atoms with Gasteiger partial charge in [0.25, 0.3) is 0 Å². The van der Waals surface area contributed by atoms with Crippen molar-refractivity contribution in [2.75, 3.05) is 7.11 Å². The van der Waals surface area contributed by atoms with Gasteiger partial charge in [-0.2, -0.15) is 5.10 Å². The van der Waals surface area contributed by atoms with E-state index >= 15 is 0 Å². The minimum absolute atomic E-state index is 0.0506. The van der Waals surface area contributed by atoms with Gasteiger partial charge in [-0.3, -0.25) is 0 Å². The first-order chi connectivity index (χ1) is 9.02. The van der Waals surface area contributed by atoms with Gasteiger partial charge >= 0.3 is 0 Å². The number of aromatic nitrogens is 3. The van der Waals surface area contributed by atoms with Crippen LogP contribution in [0.2, 0.25) is 0 Å². The Balaban J connectivity index is 2.22. The van der Waals surface area contributed by atoms with E-state index in [1.165, 1.54) is 0 Å². The number of nitrogens with two attached hydrogens (primary N) is 1. The lowest BCUT2D eigenvalue weighted by molar-refractivity contribution is 0.401. The Morgan fingerprint density at radius 2 is 1.84 bits per heavy atom. The molecule has 1 heterocycles. The number of hydrogen-bond donors (Lipinski definition) is 1. The lowest BCUT2D eigenvalue weighted by atomic mass is 10.0. The standard InChI is InChI=1S/C14H20N4O/c1-9(18-11(3)16-10(2)17-18)14(15)12-5-7-13(19-4)8-6-12/h5-9,14H,15H2,1-4H3. The fourth-order valence-electron chi connectivity index (χ4n) is 2.18. The van der Waals surface area contributed by atoms with Crippen LogP contribution in [0.3, 0.4) is 0 Å². The maximum Gasteiger partial charge on any atom is 0.147 e. The number of benzene rings is 1. The predicted molar refractivity (Wildman–Crippen MR) is 74.1 cm³/mol. The third kappa shape index (κ3) is 2.76. The van der Waals surface area contributed by atoms with Crippen molar-refractivity contribution in [3.63, 3.8) is 0 Å². The minimum Gasteiger partial charge on any atom is -0.497 e. The molecule has 0 radical (unpaired) electrons. The molecule has 0 saturated heterocycles. The van der Waals surface area contributed by atoms with E-state index in [4.69, 9.17) is 10.5 Å². The summed E-state index contributed by atoms with van der Waals surface area (Å²) in [5.74, 6) is 2.48. The number of aryl methyl sites for hydroxylation is 2. The van der Waals surface area contributed by atoms with Gasteiger partial charge < -0.3 is 10.5 Å². The van der Waals surface area contributed by atoms with E-state index in [0.717, 1.165) is 23.0 Å². The Bertz CT molecular complexity index is 547. The van der Waals surface area contributed by atoms with Gasteiger partial charge in [0, 0.05) is 0 Å². The quantitative estimate of drug-likeness (QED) is 0.915. The lowest BCUT2D eigenvalue weighted by Crippen LogP contribution is -2.24. The van der Waals surface area contributed by atoms with Crippen molar-refractivity contribution in [3.8, 4) is 5.75 Å². The fourth-order valence-corrected chi connectivity index (χ4v) is 2.18. The summed E-state index contributed by atoms with van der Waals surface area (Å²) < 4.78 is 7.03. The second kappa shape index (κ2) is 5.40. The van der Waals surface area contributed by atoms with Crippen molar-refractivity contribution in [2.45, 2.75) is 32.9 Å². The van der Waals surface area contributed by atoms with Gasteiger partial charge in [0.05, 0.1) is 19.2 Å². The third-order valence-corrected chi connectivity index (χ3v) is 3.31. The van der Waals surface area contributed by atoms with E-state index in [0.29, 0.717) is 0 Å². The molecule has 1 aromatic heterocycles. The highest BCUT2D eigenvalue weighted by atomic mass is 16.5. The largest absolute Gasteiger partial charge is 0.497 e. The zero-order chi connectivity index (χ0) is 14.0. The number of methoxy groups -OCH3 is 1. The summed E-state index contributed by atoms with van der Waals surface area (Å²) in [6, 6.07) is 7.72. The monoisotopic (exact) mass is 260 g/mol. The molecule has 2 aromatic rings. The van der Waals surface area contributed by atoms with Crippen molar-refractivity contribution >= 4 is 0 Å². The number of rotatable bonds is 4. The van der Waals surface area contributed by atoms with Crippen LogP contribution in [0.25, 0.3) is 0 Å². The van der Waals surface area contributed by atoms with Crippen molar-refractivity contribution < 1.29 is 4.74 Å². The zero-order valence-corrected chi connectivity index (χ0v) is 11.8. The van der Waals surface area contributed by atoms with Crippen molar-refractivity contribution in [2.24, 2.45) is 5.73 Å². The number of ether oxygens (including phenoxy) is 1. The summed E-state index contributed by atoms with van der Waals surface area (Å²) in [5, 5.41) is 4.39. The first-order valence-electron chi connectivity index (χ1n) is 6.32. The van der Waals surface area contributed by atoms with Gasteiger partial charge in [0.2, 0.25) is 0 Å². The first kappa shape index (κ1) is 13.5. The Morgan fingerprint density at radius 3 is 2.32 bits per heavy atom. The summed E-state index contributed by atoms with van der Waals surface area (Å²) in [4.78, 5) is 4.31. The smallest absolute Gasteiger partial charge is 0.147 e. The summed E-state index contributed by atoms with van der Waals surface area (Å²) in [7, 11) is 1.65. The van der Waals surface area contributed by atoms with Crippen molar-refractivity contribution in [1.82, 2.24) is 14.8 Å². The Kier molecular flexibility index (Phi) is 3.85.